The first-order valence-electron chi connectivity index (χ1n) is 8.81. The van der Waals surface area contributed by atoms with Gasteiger partial charge in [-0.2, -0.15) is 0 Å². The minimum Gasteiger partial charge on any atom is -0.480 e. The first-order valence-corrected chi connectivity index (χ1v) is 8.81. The summed E-state index contributed by atoms with van der Waals surface area (Å²) < 4.78 is 1.95. The fourth-order valence-corrected chi connectivity index (χ4v) is 3.25. The van der Waals surface area contributed by atoms with Crippen LogP contribution in [-0.4, -0.2) is 33.6 Å². The van der Waals surface area contributed by atoms with Crippen molar-refractivity contribution in [2.45, 2.75) is 24.9 Å². The standard InChI is InChI=1S/C21H23N3O3/c1-24-13-15(16-9-5-6-10-19(16)24)12-18(21(26)27)23-20(25)17(22)11-14-7-3-2-4-8-14/h2-10,13,17-18H,11-12,22H2,1H3,(H,23,25)(H,26,27)/t17-,18+/m0/s1. The predicted octanol–water partition coefficient (Wildman–Crippen LogP) is 1.86. The minimum atomic E-state index is -1.08. The number of aromatic nitrogens is 1. The quantitative estimate of drug-likeness (QED) is 0.595. The maximum atomic E-state index is 12.4. The molecule has 0 unspecified atom stereocenters. The number of nitrogens with one attached hydrogen (secondary N) is 1. The van der Waals surface area contributed by atoms with Crippen LogP contribution >= 0.6 is 0 Å². The van der Waals surface area contributed by atoms with E-state index in [1.165, 1.54) is 0 Å². The Bertz CT molecular complexity index is 950. The van der Waals surface area contributed by atoms with E-state index in [0.29, 0.717) is 6.42 Å². The molecule has 0 saturated carbocycles. The summed E-state index contributed by atoms with van der Waals surface area (Å²) in [5.41, 5.74) is 8.80. The van der Waals surface area contributed by atoms with Crippen LogP contribution in [0.2, 0.25) is 0 Å². The van der Waals surface area contributed by atoms with Crippen molar-refractivity contribution in [3.8, 4) is 0 Å². The number of para-hydroxylation sites is 1. The number of amides is 1. The van der Waals surface area contributed by atoms with Crippen LogP contribution in [0.15, 0.2) is 60.8 Å². The molecule has 0 fully saturated rings. The summed E-state index contributed by atoms with van der Waals surface area (Å²) in [7, 11) is 1.91. The van der Waals surface area contributed by atoms with Gasteiger partial charge in [-0.1, -0.05) is 48.5 Å². The number of aryl methyl sites for hydroxylation is 1. The number of aliphatic carboxylic acids is 1. The second kappa shape index (κ2) is 8.05. The number of carbonyl (C=O) groups excluding carboxylic acids is 1. The van der Waals surface area contributed by atoms with Crippen molar-refractivity contribution in [2.75, 3.05) is 0 Å². The Morgan fingerprint density at radius 3 is 2.44 bits per heavy atom. The minimum absolute atomic E-state index is 0.195. The SMILES string of the molecule is Cn1cc(C[C@@H](NC(=O)[C@@H](N)Cc2ccccc2)C(=O)O)c2ccccc21. The molecule has 3 aromatic rings. The van der Waals surface area contributed by atoms with Crippen molar-refractivity contribution >= 4 is 22.8 Å². The van der Waals surface area contributed by atoms with E-state index in [-0.39, 0.29) is 6.42 Å². The monoisotopic (exact) mass is 365 g/mol. The Morgan fingerprint density at radius 1 is 1.07 bits per heavy atom. The van der Waals surface area contributed by atoms with E-state index in [4.69, 9.17) is 5.73 Å². The van der Waals surface area contributed by atoms with Gasteiger partial charge >= 0.3 is 5.97 Å². The molecule has 2 atom stereocenters. The molecule has 0 radical (unpaired) electrons. The summed E-state index contributed by atoms with van der Waals surface area (Å²) in [6.07, 6.45) is 2.45. The molecule has 140 valence electrons. The average molecular weight is 365 g/mol. The van der Waals surface area contributed by atoms with Crippen molar-refractivity contribution in [1.29, 1.82) is 0 Å². The molecule has 0 saturated heterocycles. The molecule has 2 aromatic carbocycles. The molecule has 0 aliphatic rings. The Kier molecular flexibility index (Phi) is 5.57. The van der Waals surface area contributed by atoms with Gasteiger partial charge in [0.25, 0.3) is 0 Å². The van der Waals surface area contributed by atoms with Gasteiger partial charge < -0.3 is 20.7 Å². The van der Waals surface area contributed by atoms with E-state index in [1.54, 1.807) is 0 Å². The molecule has 1 aromatic heterocycles. The smallest absolute Gasteiger partial charge is 0.326 e. The molecule has 4 N–H and O–H groups in total. The lowest BCUT2D eigenvalue weighted by Gasteiger charge is -2.18. The third-order valence-electron chi connectivity index (χ3n) is 4.65. The zero-order chi connectivity index (χ0) is 19.4. The number of carboxylic acid groups (broad SMARTS) is 1. The summed E-state index contributed by atoms with van der Waals surface area (Å²) >= 11 is 0. The number of fused-ring (bicyclic) bond motifs is 1. The lowest BCUT2D eigenvalue weighted by atomic mass is 10.0. The summed E-state index contributed by atoms with van der Waals surface area (Å²) in [4.78, 5) is 24.1. The van der Waals surface area contributed by atoms with Crippen LogP contribution in [0.4, 0.5) is 0 Å². The molecule has 6 nitrogen and oxygen atoms in total. The highest BCUT2D eigenvalue weighted by Gasteiger charge is 2.25. The largest absolute Gasteiger partial charge is 0.480 e. The van der Waals surface area contributed by atoms with E-state index >= 15 is 0 Å². The lowest BCUT2D eigenvalue weighted by Crippen LogP contribution is -2.50. The van der Waals surface area contributed by atoms with Crippen LogP contribution in [0.3, 0.4) is 0 Å². The van der Waals surface area contributed by atoms with Gasteiger partial charge in [-0.05, 0) is 23.6 Å². The van der Waals surface area contributed by atoms with Gasteiger partial charge in [0.05, 0.1) is 6.04 Å². The Labute approximate surface area is 157 Å². The zero-order valence-corrected chi connectivity index (χ0v) is 15.1. The second-order valence-corrected chi connectivity index (χ2v) is 6.68. The van der Waals surface area contributed by atoms with Gasteiger partial charge in [-0.3, -0.25) is 4.79 Å². The number of nitrogens with two attached hydrogens (primary N) is 1. The van der Waals surface area contributed by atoms with Crippen LogP contribution in [0.5, 0.6) is 0 Å². The van der Waals surface area contributed by atoms with E-state index < -0.39 is 24.0 Å². The summed E-state index contributed by atoms with van der Waals surface area (Å²) in [6.45, 7) is 0. The van der Waals surface area contributed by atoms with Gasteiger partial charge in [-0.15, -0.1) is 0 Å². The molecule has 3 rings (SSSR count). The number of carboxylic acids is 1. The van der Waals surface area contributed by atoms with Gasteiger partial charge in [0.15, 0.2) is 0 Å². The summed E-state index contributed by atoms with van der Waals surface area (Å²) in [6, 6.07) is 15.3. The summed E-state index contributed by atoms with van der Waals surface area (Å²) in [5.74, 6) is -1.55. The third kappa shape index (κ3) is 4.35. The first kappa shape index (κ1) is 18.7. The molecular formula is C21H23N3O3. The normalized spacial score (nSPS) is 13.3. The molecule has 27 heavy (non-hydrogen) atoms. The summed E-state index contributed by atoms with van der Waals surface area (Å²) in [5, 5.41) is 13.1. The number of rotatable bonds is 7. The number of nitrogens with zero attached hydrogens (tertiary/aromatic N) is 1. The Balaban J connectivity index is 1.72. The van der Waals surface area contributed by atoms with Gasteiger partial charge in [0.1, 0.15) is 6.04 Å². The molecule has 6 heteroatoms. The molecule has 0 bridgehead atoms. The number of hydrogen-bond acceptors (Lipinski definition) is 3. The highest BCUT2D eigenvalue weighted by atomic mass is 16.4. The number of hydrogen-bond donors (Lipinski definition) is 3. The van der Waals surface area contributed by atoms with E-state index in [9.17, 15) is 14.7 Å². The molecule has 1 amide bonds. The van der Waals surface area contributed by atoms with Gasteiger partial charge in [0, 0.05) is 30.6 Å². The van der Waals surface area contributed by atoms with Crippen LogP contribution < -0.4 is 11.1 Å². The van der Waals surface area contributed by atoms with Crippen LogP contribution in [0, 0.1) is 0 Å². The average Bonchev–Trinajstić information content (AvgIpc) is 2.98. The van der Waals surface area contributed by atoms with Crippen molar-refractivity contribution in [3.63, 3.8) is 0 Å². The molecule has 1 heterocycles. The van der Waals surface area contributed by atoms with Crippen molar-refractivity contribution in [2.24, 2.45) is 12.8 Å². The van der Waals surface area contributed by atoms with E-state index in [2.05, 4.69) is 5.32 Å². The van der Waals surface area contributed by atoms with Gasteiger partial charge in [-0.25, -0.2) is 4.79 Å². The number of benzene rings is 2. The maximum absolute atomic E-state index is 12.4. The fraction of sp³-hybridized carbons (Fsp3) is 0.238. The molecule has 0 aliphatic heterocycles. The van der Waals surface area contributed by atoms with E-state index in [0.717, 1.165) is 22.0 Å². The maximum Gasteiger partial charge on any atom is 0.326 e. The highest BCUT2D eigenvalue weighted by Crippen LogP contribution is 2.21. The predicted molar refractivity (Wildman–Crippen MR) is 104 cm³/mol. The highest BCUT2D eigenvalue weighted by molar-refractivity contribution is 5.88. The van der Waals surface area contributed by atoms with Gasteiger partial charge in [0.2, 0.25) is 5.91 Å². The number of carbonyl (C=O) groups is 2. The topological polar surface area (TPSA) is 97.4 Å². The fourth-order valence-electron chi connectivity index (χ4n) is 3.25. The molecular weight excluding hydrogens is 342 g/mol. The zero-order valence-electron chi connectivity index (χ0n) is 15.1. The van der Waals surface area contributed by atoms with Crippen molar-refractivity contribution in [3.05, 3.63) is 71.9 Å². The van der Waals surface area contributed by atoms with Crippen molar-refractivity contribution in [1.82, 2.24) is 9.88 Å². The molecule has 0 aliphatic carbocycles. The second-order valence-electron chi connectivity index (χ2n) is 6.68. The first-order chi connectivity index (χ1) is 13.0. The van der Waals surface area contributed by atoms with Crippen LogP contribution in [0.1, 0.15) is 11.1 Å². The van der Waals surface area contributed by atoms with Crippen LogP contribution in [-0.2, 0) is 29.5 Å². The van der Waals surface area contributed by atoms with Crippen molar-refractivity contribution < 1.29 is 14.7 Å². The lowest BCUT2D eigenvalue weighted by molar-refractivity contribution is -0.141. The van der Waals surface area contributed by atoms with Crippen LogP contribution in [0.25, 0.3) is 10.9 Å². The Hall–Kier alpha value is -3.12. The Morgan fingerprint density at radius 2 is 1.74 bits per heavy atom. The van der Waals surface area contributed by atoms with E-state index in [1.807, 2.05) is 72.4 Å². The molecule has 0 spiro atoms. The third-order valence-corrected chi connectivity index (χ3v) is 4.65.